The number of aryl methyl sites for hydroxylation is 2. The molecule has 2 N–H and O–H groups in total. The third kappa shape index (κ3) is 5.58. The Morgan fingerprint density at radius 2 is 1.31 bits per heavy atom. The number of nitrogens with one attached hydrogen (secondary N) is 2. The molecule has 0 aliphatic rings. The zero-order valence-electron chi connectivity index (χ0n) is 16.1. The molecule has 3 aromatic rings. The van der Waals surface area contributed by atoms with Crippen molar-refractivity contribution in [3.63, 3.8) is 0 Å². The molecule has 0 saturated heterocycles. The molecule has 3 aromatic carbocycles. The lowest BCUT2D eigenvalue weighted by atomic mass is 10.1. The average molecular weight is 431 g/mol. The minimum Gasteiger partial charge on any atom is -0.283 e. The Morgan fingerprint density at radius 1 is 0.690 bits per heavy atom. The van der Waals surface area contributed by atoms with Crippen molar-refractivity contribution >= 4 is 31.4 Å². The second-order valence-electron chi connectivity index (χ2n) is 6.78. The summed E-state index contributed by atoms with van der Waals surface area (Å²) in [6, 6.07) is 19.7. The van der Waals surface area contributed by atoms with Gasteiger partial charge in [0, 0.05) is 11.4 Å². The van der Waals surface area contributed by atoms with Crippen LogP contribution in [0.1, 0.15) is 16.7 Å². The van der Waals surface area contributed by atoms with E-state index in [-0.39, 0.29) is 10.6 Å². The van der Waals surface area contributed by atoms with Crippen LogP contribution in [0.4, 0.5) is 11.4 Å². The quantitative estimate of drug-likeness (QED) is 0.592. The zero-order valence-corrected chi connectivity index (χ0v) is 17.7. The van der Waals surface area contributed by atoms with Gasteiger partial charge in [-0.15, -0.1) is 0 Å². The third-order valence-corrected chi connectivity index (χ3v) is 7.05. The molecule has 0 fully saturated rings. The van der Waals surface area contributed by atoms with Gasteiger partial charge in [0.2, 0.25) is 10.0 Å². The highest BCUT2D eigenvalue weighted by Gasteiger charge is 2.16. The molecular formula is C21H22N2O4S2. The maximum Gasteiger partial charge on any atom is 0.261 e. The molecule has 152 valence electrons. The highest BCUT2D eigenvalue weighted by atomic mass is 32.2. The van der Waals surface area contributed by atoms with E-state index in [0.717, 1.165) is 11.1 Å². The van der Waals surface area contributed by atoms with E-state index in [2.05, 4.69) is 9.44 Å². The number of sulfonamides is 2. The monoisotopic (exact) mass is 430 g/mol. The van der Waals surface area contributed by atoms with Crippen molar-refractivity contribution in [1.82, 2.24) is 0 Å². The SMILES string of the molecule is Cc1ccc(NS(=O)(=O)c2ccc(NS(=O)(=O)Cc3ccccc3)cc2)cc1C. The highest BCUT2D eigenvalue weighted by molar-refractivity contribution is 7.92. The van der Waals surface area contributed by atoms with E-state index in [0.29, 0.717) is 16.9 Å². The maximum absolute atomic E-state index is 12.6. The van der Waals surface area contributed by atoms with Crippen LogP contribution in [0.2, 0.25) is 0 Å². The summed E-state index contributed by atoms with van der Waals surface area (Å²) in [5.41, 5.74) is 3.48. The lowest BCUT2D eigenvalue weighted by molar-refractivity contribution is 0.599. The Bertz CT molecular complexity index is 1210. The maximum atomic E-state index is 12.6. The Morgan fingerprint density at radius 3 is 1.93 bits per heavy atom. The van der Waals surface area contributed by atoms with Crippen LogP contribution >= 0.6 is 0 Å². The van der Waals surface area contributed by atoms with Gasteiger partial charge >= 0.3 is 0 Å². The van der Waals surface area contributed by atoms with Gasteiger partial charge in [-0.05, 0) is 66.9 Å². The standard InChI is InChI=1S/C21H22N2O4S2/c1-16-8-9-20(14-17(16)2)23-29(26,27)21-12-10-19(11-13-21)22-28(24,25)15-18-6-4-3-5-7-18/h3-14,22-23H,15H2,1-2H3. The number of rotatable bonds is 7. The van der Waals surface area contributed by atoms with E-state index in [1.807, 2.05) is 26.0 Å². The van der Waals surface area contributed by atoms with Crippen LogP contribution < -0.4 is 9.44 Å². The first-order chi connectivity index (χ1) is 13.6. The van der Waals surface area contributed by atoms with Gasteiger partial charge in [0.15, 0.2) is 0 Å². The summed E-state index contributed by atoms with van der Waals surface area (Å²) in [6.45, 7) is 3.86. The molecule has 0 radical (unpaired) electrons. The van der Waals surface area contributed by atoms with Gasteiger partial charge in [0.1, 0.15) is 0 Å². The second-order valence-corrected chi connectivity index (χ2v) is 10.2. The van der Waals surface area contributed by atoms with Crippen molar-refractivity contribution in [2.45, 2.75) is 24.5 Å². The van der Waals surface area contributed by atoms with Crippen LogP contribution in [0.3, 0.4) is 0 Å². The predicted octanol–water partition coefficient (Wildman–Crippen LogP) is 4.05. The highest BCUT2D eigenvalue weighted by Crippen LogP contribution is 2.21. The molecule has 29 heavy (non-hydrogen) atoms. The lowest BCUT2D eigenvalue weighted by Gasteiger charge is -2.11. The molecule has 0 aliphatic heterocycles. The third-order valence-electron chi connectivity index (χ3n) is 4.40. The Balaban J connectivity index is 1.72. The lowest BCUT2D eigenvalue weighted by Crippen LogP contribution is -2.16. The zero-order chi connectivity index (χ0) is 21.1. The van der Waals surface area contributed by atoms with Gasteiger partial charge in [0.25, 0.3) is 10.0 Å². The van der Waals surface area contributed by atoms with Crippen molar-refractivity contribution < 1.29 is 16.8 Å². The molecule has 0 saturated carbocycles. The first-order valence-electron chi connectivity index (χ1n) is 8.89. The number of anilines is 2. The largest absolute Gasteiger partial charge is 0.283 e. The summed E-state index contributed by atoms with van der Waals surface area (Å²) >= 11 is 0. The second kappa shape index (κ2) is 8.26. The molecule has 0 amide bonds. The van der Waals surface area contributed by atoms with Crippen molar-refractivity contribution in [3.05, 3.63) is 89.5 Å². The fraction of sp³-hybridized carbons (Fsp3) is 0.143. The van der Waals surface area contributed by atoms with Crippen molar-refractivity contribution in [1.29, 1.82) is 0 Å². The first kappa shape index (κ1) is 20.9. The molecular weight excluding hydrogens is 408 g/mol. The van der Waals surface area contributed by atoms with Gasteiger partial charge in [-0.25, -0.2) is 16.8 Å². The molecule has 0 aliphatic carbocycles. The summed E-state index contributed by atoms with van der Waals surface area (Å²) < 4.78 is 54.8. The summed E-state index contributed by atoms with van der Waals surface area (Å²) in [5.74, 6) is -0.164. The summed E-state index contributed by atoms with van der Waals surface area (Å²) in [4.78, 5) is 0.0433. The molecule has 0 atom stereocenters. The van der Waals surface area contributed by atoms with Crippen LogP contribution in [0.25, 0.3) is 0 Å². The van der Waals surface area contributed by atoms with Crippen molar-refractivity contribution in [3.8, 4) is 0 Å². The first-order valence-corrected chi connectivity index (χ1v) is 12.0. The van der Waals surface area contributed by atoms with Gasteiger partial charge in [0.05, 0.1) is 10.6 Å². The minimum absolute atomic E-state index is 0.0433. The van der Waals surface area contributed by atoms with Gasteiger partial charge in [-0.3, -0.25) is 9.44 Å². The van der Waals surface area contributed by atoms with Crippen LogP contribution in [-0.4, -0.2) is 16.8 Å². The van der Waals surface area contributed by atoms with E-state index < -0.39 is 20.0 Å². The van der Waals surface area contributed by atoms with Crippen LogP contribution in [0.15, 0.2) is 77.7 Å². The van der Waals surface area contributed by atoms with E-state index >= 15 is 0 Å². The number of benzene rings is 3. The summed E-state index contributed by atoms with van der Waals surface area (Å²) in [6.07, 6.45) is 0. The van der Waals surface area contributed by atoms with Gasteiger partial charge < -0.3 is 0 Å². The van der Waals surface area contributed by atoms with Crippen LogP contribution in [0, 0.1) is 13.8 Å². The number of hydrogen-bond acceptors (Lipinski definition) is 4. The minimum atomic E-state index is -3.78. The van der Waals surface area contributed by atoms with Crippen LogP contribution in [0.5, 0.6) is 0 Å². The Labute approximate surface area is 171 Å². The average Bonchev–Trinajstić information content (AvgIpc) is 2.65. The molecule has 3 rings (SSSR count). The molecule has 8 heteroatoms. The molecule has 0 aromatic heterocycles. The number of hydrogen-bond donors (Lipinski definition) is 2. The van der Waals surface area contributed by atoms with Gasteiger partial charge in [-0.1, -0.05) is 36.4 Å². The Kier molecular flexibility index (Phi) is 5.95. The topological polar surface area (TPSA) is 92.3 Å². The molecule has 0 bridgehead atoms. The van der Waals surface area contributed by atoms with E-state index in [1.54, 1.807) is 36.4 Å². The summed E-state index contributed by atoms with van der Waals surface area (Å²) in [5, 5.41) is 0. The van der Waals surface area contributed by atoms with Crippen molar-refractivity contribution in [2.24, 2.45) is 0 Å². The van der Waals surface area contributed by atoms with E-state index in [1.165, 1.54) is 24.3 Å². The Hall–Kier alpha value is -2.84. The van der Waals surface area contributed by atoms with Crippen LogP contribution in [-0.2, 0) is 25.8 Å². The van der Waals surface area contributed by atoms with E-state index in [9.17, 15) is 16.8 Å². The van der Waals surface area contributed by atoms with Gasteiger partial charge in [-0.2, -0.15) is 0 Å². The molecule has 6 nitrogen and oxygen atoms in total. The molecule has 0 spiro atoms. The smallest absolute Gasteiger partial charge is 0.261 e. The normalized spacial score (nSPS) is 11.8. The molecule has 0 unspecified atom stereocenters. The van der Waals surface area contributed by atoms with Crippen molar-refractivity contribution in [2.75, 3.05) is 9.44 Å². The fourth-order valence-corrected chi connectivity index (χ4v) is 4.98. The summed E-state index contributed by atoms with van der Waals surface area (Å²) in [7, 11) is -7.39. The fourth-order valence-electron chi connectivity index (χ4n) is 2.73. The van der Waals surface area contributed by atoms with E-state index in [4.69, 9.17) is 0 Å². The molecule has 0 heterocycles. The predicted molar refractivity (Wildman–Crippen MR) is 116 cm³/mol.